The molecule has 0 radical (unpaired) electrons. The van der Waals surface area contributed by atoms with E-state index in [1.807, 2.05) is 0 Å². The van der Waals surface area contributed by atoms with Crippen molar-refractivity contribution >= 4 is 16.9 Å². The van der Waals surface area contributed by atoms with Gasteiger partial charge in [0.25, 0.3) is 0 Å². The van der Waals surface area contributed by atoms with E-state index >= 15 is 0 Å². The van der Waals surface area contributed by atoms with Crippen molar-refractivity contribution in [3.63, 3.8) is 0 Å². The van der Waals surface area contributed by atoms with Gasteiger partial charge in [-0.05, 0) is 24.1 Å². The maximum atomic E-state index is 13.1. The first kappa shape index (κ1) is 17.9. The van der Waals surface area contributed by atoms with Gasteiger partial charge in [0, 0.05) is 12.7 Å². The minimum atomic E-state index is -4.88. The Morgan fingerprint density at radius 2 is 1.95 bits per heavy atom. The molecular weight excluding hydrogens is 312 g/mol. The normalized spacial score (nSPS) is 14.8. The first-order chi connectivity index (χ1) is 9.62. The van der Waals surface area contributed by atoms with E-state index in [2.05, 4.69) is 0 Å². The Hall–Kier alpha value is -1.12. The molecule has 0 saturated carbocycles. The zero-order valence-electron chi connectivity index (χ0n) is 11.0. The van der Waals surface area contributed by atoms with E-state index in [1.54, 1.807) is 0 Å². The summed E-state index contributed by atoms with van der Waals surface area (Å²) < 4.78 is 50.8. The van der Waals surface area contributed by atoms with E-state index in [9.17, 15) is 32.6 Å². The zero-order chi connectivity index (χ0) is 16.2. The summed E-state index contributed by atoms with van der Waals surface area (Å²) in [6, 6.07) is 2.05. The molecule has 0 spiro atoms. The van der Waals surface area contributed by atoms with Gasteiger partial charge in [-0.15, -0.1) is 0 Å². The molecule has 2 N–H and O–H groups in total. The molecule has 2 atom stereocenters. The minimum Gasteiger partial charge on any atom is -0.390 e. The topological polar surface area (TPSA) is 57.5 Å². The van der Waals surface area contributed by atoms with Gasteiger partial charge in [0.05, 0.1) is 11.7 Å². The lowest BCUT2D eigenvalue weighted by atomic mass is 10.00. The third-order valence-electron chi connectivity index (χ3n) is 2.72. The fourth-order valence-corrected chi connectivity index (χ4v) is 2.29. The zero-order valence-corrected chi connectivity index (χ0v) is 11.8. The van der Waals surface area contributed by atoms with Crippen LogP contribution in [0.4, 0.5) is 17.6 Å². The predicted molar refractivity (Wildman–Crippen MR) is 70.1 cm³/mol. The summed E-state index contributed by atoms with van der Waals surface area (Å²) in [7, 11) is 0. The Kier molecular flexibility index (Phi) is 6.18. The second-order valence-corrected chi connectivity index (χ2v) is 5.65. The molecule has 0 fully saturated rings. The highest BCUT2D eigenvalue weighted by molar-refractivity contribution is 8.13. The van der Waals surface area contributed by atoms with Crippen molar-refractivity contribution in [3.8, 4) is 0 Å². The van der Waals surface area contributed by atoms with E-state index in [1.165, 1.54) is 6.92 Å². The van der Waals surface area contributed by atoms with Gasteiger partial charge in [0.2, 0.25) is 0 Å². The molecule has 118 valence electrons. The molecule has 0 bridgehead atoms. The number of alkyl halides is 3. The summed E-state index contributed by atoms with van der Waals surface area (Å²) in [6.45, 7) is 1.34. The summed E-state index contributed by atoms with van der Waals surface area (Å²) in [4.78, 5) is 10.7. The van der Waals surface area contributed by atoms with Gasteiger partial charge >= 0.3 is 6.18 Å². The molecule has 0 aliphatic heterocycles. The van der Waals surface area contributed by atoms with Crippen LogP contribution in [-0.2, 0) is 11.0 Å². The third kappa shape index (κ3) is 5.29. The molecule has 8 heteroatoms. The van der Waals surface area contributed by atoms with Crippen LogP contribution in [0.5, 0.6) is 0 Å². The van der Waals surface area contributed by atoms with Crippen LogP contribution >= 0.6 is 11.8 Å². The Morgan fingerprint density at radius 1 is 1.33 bits per heavy atom. The van der Waals surface area contributed by atoms with Crippen molar-refractivity contribution in [3.05, 3.63) is 35.1 Å². The summed E-state index contributed by atoms with van der Waals surface area (Å²) in [6.07, 6.45) is -7.79. The average molecular weight is 326 g/mol. The Labute approximate surface area is 123 Å². The number of aliphatic hydroxyl groups excluding tert-OH is 2. The van der Waals surface area contributed by atoms with Crippen molar-refractivity contribution in [2.75, 3.05) is 5.75 Å². The van der Waals surface area contributed by atoms with Gasteiger partial charge in [-0.25, -0.2) is 4.39 Å². The number of carbonyl (C=O) groups excluding carboxylic acids is 1. The molecule has 1 rings (SSSR count). The Morgan fingerprint density at radius 3 is 2.48 bits per heavy atom. The number of halogens is 4. The van der Waals surface area contributed by atoms with Crippen molar-refractivity contribution in [2.45, 2.75) is 31.7 Å². The highest BCUT2D eigenvalue weighted by atomic mass is 32.2. The molecule has 1 aromatic carbocycles. The SMILES string of the molecule is CC(=O)SCCC(O)C(O)c1ccc(F)c(C(F)(F)F)c1. The van der Waals surface area contributed by atoms with Crippen LogP contribution in [0.3, 0.4) is 0 Å². The fraction of sp³-hybridized carbons (Fsp3) is 0.462. The lowest BCUT2D eigenvalue weighted by Gasteiger charge is -2.19. The first-order valence-corrected chi connectivity index (χ1v) is 6.97. The van der Waals surface area contributed by atoms with Crippen LogP contribution in [0.2, 0.25) is 0 Å². The number of benzene rings is 1. The average Bonchev–Trinajstić information content (AvgIpc) is 2.36. The van der Waals surface area contributed by atoms with Gasteiger partial charge in [-0.2, -0.15) is 13.2 Å². The molecule has 0 aliphatic rings. The van der Waals surface area contributed by atoms with Crippen LogP contribution in [0.15, 0.2) is 18.2 Å². The number of aliphatic hydroxyl groups is 2. The molecule has 0 aliphatic carbocycles. The monoisotopic (exact) mass is 326 g/mol. The second kappa shape index (κ2) is 7.24. The van der Waals surface area contributed by atoms with Crippen molar-refractivity contribution in [2.24, 2.45) is 0 Å². The van der Waals surface area contributed by atoms with Crippen molar-refractivity contribution in [1.82, 2.24) is 0 Å². The molecule has 21 heavy (non-hydrogen) atoms. The first-order valence-electron chi connectivity index (χ1n) is 5.99. The lowest BCUT2D eigenvalue weighted by molar-refractivity contribution is -0.140. The predicted octanol–water partition coefficient (Wildman–Crippen LogP) is 2.91. The summed E-state index contributed by atoms with van der Waals surface area (Å²) in [5, 5.41) is 19.3. The number of carbonyl (C=O) groups is 1. The van der Waals surface area contributed by atoms with E-state index in [-0.39, 0.29) is 22.9 Å². The summed E-state index contributed by atoms with van der Waals surface area (Å²) >= 11 is 0.932. The molecule has 2 unspecified atom stereocenters. The number of hydrogen-bond acceptors (Lipinski definition) is 4. The van der Waals surface area contributed by atoms with Crippen LogP contribution in [0.1, 0.15) is 30.6 Å². The largest absolute Gasteiger partial charge is 0.419 e. The maximum Gasteiger partial charge on any atom is 0.419 e. The van der Waals surface area contributed by atoms with Crippen molar-refractivity contribution in [1.29, 1.82) is 0 Å². The number of thioether (sulfide) groups is 1. The van der Waals surface area contributed by atoms with Gasteiger partial charge in [0.15, 0.2) is 5.12 Å². The third-order valence-corrected chi connectivity index (χ3v) is 3.57. The van der Waals surface area contributed by atoms with Crippen LogP contribution in [0, 0.1) is 5.82 Å². The van der Waals surface area contributed by atoms with Gasteiger partial charge in [0.1, 0.15) is 11.9 Å². The summed E-state index contributed by atoms with van der Waals surface area (Å²) in [5.41, 5.74) is -1.73. The molecule has 0 aromatic heterocycles. The molecule has 0 heterocycles. The van der Waals surface area contributed by atoms with E-state index in [0.717, 1.165) is 17.8 Å². The number of hydrogen-bond donors (Lipinski definition) is 2. The molecular formula is C13H14F4O3S. The Bertz CT molecular complexity index is 505. The van der Waals surface area contributed by atoms with Gasteiger partial charge in [-0.3, -0.25) is 4.79 Å². The molecule has 1 aromatic rings. The molecule has 0 saturated heterocycles. The fourth-order valence-electron chi connectivity index (χ4n) is 1.65. The van der Waals surface area contributed by atoms with Gasteiger partial charge in [-0.1, -0.05) is 17.8 Å². The highest BCUT2D eigenvalue weighted by Crippen LogP contribution is 2.33. The number of rotatable bonds is 5. The van der Waals surface area contributed by atoms with Crippen LogP contribution in [-0.4, -0.2) is 27.2 Å². The molecule has 0 amide bonds. The van der Waals surface area contributed by atoms with Gasteiger partial charge < -0.3 is 10.2 Å². The quantitative estimate of drug-likeness (QED) is 0.817. The second-order valence-electron chi connectivity index (χ2n) is 4.38. The lowest BCUT2D eigenvalue weighted by Crippen LogP contribution is -2.20. The summed E-state index contributed by atoms with van der Waals surface area (Å²) in [5.74, 6) is -1.22. The smallest absolute Gasteiger partial charge is 0.390 e. The van der Waals surface area contributed by atoms with E-state index < -0.39 is 29.8 Å². The standard InChI is InChI=1S/C13H14F4O3S/c1-7(18)21-5-4-11(19)12(20)8-2-3-10(14)9(6-8)13(15,16)17/h2-3,6,11-12,19-20H,4-5H2,1H3. The Balaban J connectivity index is 2.82. The van der Waals surface area contributed by atoms with Crippen LogP contribution < -0.4 is 0 Å². The van der Waals surface area contributed by atoms with E-state index in [4.69, 9.17) is 0 Å². The highest BCUT2D eigenvalue weighted by Gasteiger charge is 2.35. The van der Waals surface area contributed by atoms with Crippen LogP contribution in [0.25, 0.3) is 0 Å². The minimum absolute atomic E-state index is 0.0180. The molecule has 3 nitrogen and oxygen atoms in total. The van der Waals surface area contributed by atoms with Crippen molar-refractivity contribution < 1.29 is 32.6 Å². The maximum absolute atomic E-state index is 13.1. The van der Waals surface area contributed by atoms with E-state index in [0.29, 0.717) is 12.1 Å².